The minimum atomic E-state index is -4.77. The lowest BCUT2D eigenvalue weighted by atomic mass is 9.39. The zero-order valence-electron chi connectivity index (χ0n) is 16.6. The summed E-state index contributed by atoms with van der Waals surface area (Å²) >= 11 is 5.96. The van der Waals surface area contributed by atoms with Crippen LogP contribution in [0.25, 0.3) is 5.65 Å². The molecule has 4 aliphatic carbocycles. The standard InChI is InChI=1S/C20H17ClF3N5O3/c21-11-2-5-29-7-12(25-13(29)6-11)14(30)26-18-8-17(9-18,10-18)15-27-28-16(31-15)19(3-1-4-19)32-20(22,23)24/h2,5-7H,1,3-4,8-10H2,(H,26,30). The molecule has 0 atom stereocenters. The van der Waals surface area contributed by atoms with Gasteiger partial charge in [-0.15, -0.1) is 23.4 Å². The van der Waals surface area contributed by atoms with Gasteiger partial charge in [0.15, 0.2) is 5.60 Å². The second-order valence-electron chi connectivity index (χ2n) is 9.09. The van der Waals surface area contributed by atoms with Crippen LogP contribution in [0, 0.1) is 0 Å². The number of carbonyl (C=O) groups is 1. The van der Waals surface area contributed by atoms with E-state index in [1.807, 2.05) is 0 Å². The third-order valence-corrected chi connectivity index (χ3v) is 7.04. The lowest BCUT2D eigenvalue weighted by Gasteiger charge is -2.68. The van der Waals surface area contributed by atoms with Gasteiger partial charge in [0.1, 0.15) is 11.3 Å². The third kappa shape index (κ3) is 2.94. The van der Waals surface area contributed by atoms with Crippen LogP contribution in [-0.4, -0.2) is 37.4 Å². The van der Waals surface area contributed by atoms with Gasteiger partial charge in [0.2, 0.25) is 11.8 Å². The minimum absolute atomic E-state index is 0.123. The lowest BCUT2D eigenvalue weighted by molar-refractivity contribution is -0.387. The molecule has 4 aliphatic rings. The Bertz CT molecular complexity index is 1230. The molecule has 12 heteroatoms. The van der Waals surface area contributed by atoms with Gasteiger partial charge in [0, 0.05) is 29.0 Å². The molecule has 2 bridgehead atoms. The second-order valence-corrected chi connectivity index (χ2v) is 9.53. The molecule has 0 radical (unpaired) electrons. The van der Waals surface area contributed by atoms with Gasteiger partial charge in [-0.3, -0.25) is 9.53 Å². The van der Waals surface area contributed by atoms with E-state index in [4.69, 9.17) is 16.0 Å². The largest absolute Gasteiger partial charge is 0.523 e. The molecule has 0 aliphatic heterocycles. The molecule has 168 valence electrons. The highest BCUT2D eigenvalue weighted by Crippen LogP contribution is 2.67. The van der Waals surface area contributed by atoms with Crippen molar-refractivity contribution in [3.8, 4) is 0 Å². The Balaban J connectivity index is 1.14. The first-order valence-electron chi connectivity index (χ1n) is 10.2. The summed E-state index contributed by atoms with van der Waals surface area (Å²) in [6.07, 6.45) is 1.30. The molecule has 3 heterocycles. The molecule has 32 heavy (non-hydrogen) atoms. The zero-order valence-corrected chi connectivity index (χ0v) is 17.3. The van der Waals surface area contributed by atoms with E-state index in [1.165, 1.54) is 0 Å². The van der Waals surface area contributed by atoms with E-state index in [0.717, 1.165) is 0 Å². The summed E-state index contributed by atoms with van der Waals surface area (Å²) in [5.41, 5.74) is -1.53. The molecule has 0 spiro atoms. The summed E-state index contributed by atoms with van der Waals surface area (Å²) in [7, 11) is 0. The molecule has 0 saturated heterocycles. The highest BCUT2D eigenvalue weighted by molar-refractivity contribution is 6.30. The number of carbonyl (C=O) groups excluding carboxylic acids is 1. The van der Waals surface area contributed by atoms with E-state index in [9.17, 15) is 18.0 Å². The van der Waals surface area contributed by atoms with Gasteiger partial charge in [0.25, 0.3) is 5.91 Å². The quantitative estimate of drug-likeness (QED) is 0.611. The average molecular weight is 468 g/mol. The molecule has 7 rings (SSSR count). The fraction of sp³-hybridized carbons (Fsp3) is 0.500. The van der Waals surface area contributed by atoms with Gasteiger partial charge in [-0.25, -0.2) is 4.98 Å². The summed E-state index contributed by atoms with van der Waals surface area (Å²) in [5.74, 6) is -0.110. The number of fused-ring (bicyclic) bond motifs is 1. The van der Waals surface area contributed by atoms with Crippen molar-refractivity contribution < 1.29 is 27.1 Å². The SMILES string of the molecule is O=C(NC12CC(c3nnc(C4(OC(F)(F)F)CCC4)o3)(C1)C2)c1cn2ccc(Cl)cc2n1. The summed E-state index contributed by atoms with van der Waals surface area (Å²) in [6, 6.07) is 3.37. The van der Waals surface area contributed by atoms with E-state index in [1.54, 1.807) is 28.9 Å². The molecule has 0 unspecified atom stereocenters. The number of alkyl halides is 3. The Hall–Kier alpha value is -2.66. The number of nitrogens with zero attached hydrogens (tertiary/aromatic N) is 4. The molecular weight excluding hydrogens is 451 g/mol. The molecule has 4 saturated carbocycles. The van der Waals surface area contributed by atoms with Crippen LogP contribution < -0.4 is 5.32 Å². The average Bonchev–Trinajstić information content (AvgIpc) is 3.26. The van der Waals surface area contributed by atoms with Gasteiger partial charge in [0.05, 0.1) is 5.41 Å². The van der Waals surface area contributed by atoms with Crippen LogP contribution in [0.3, 0.4) is 0 Å². The van der Waals surface area contributed by atoms with Crippen molar-refractivity contribution in [3.05, 3.63) is 47.0 Å². The van der Waals surface area contributed by atoms with Gasteiger partial charge < -0.3 is 14.1 Å². The number of ether oxygens (including phenoxy) is 1. The fourth-order valence-corrected chi connectivity index (χ4v) is 5.37. The lowest BCUT2D eigenvalue weighted by Crippen LogP contribution is -2.76. The number of pyridine rings is 1. The van der Waals surface area contributed by atoms with Crippen molar-refractivity contribution in [1.82, 2.24) is 24.9 Å². The van der Waals surface area contributed by atoms with Crippen molar-refractivity contribution in [2.24, 2.45) is 0 Å². The van der Waals surface area contributed by atoms with E-state index in [2.05, 4.69) is 25.2 Å². The first-order valence-corrected chi connectivity index (χ1v) is 10.6. The molecule has 4 fully saturated rings. The summed E-state index contributed by atoms with van der Waals surface area (Å²) in [6.45, 7) is 0. The smallest absolute Gasteiger partial charge is 0.421 e. The van der Waals surface area contributed by atoms with Gasteiger partial charge in [-0.2, -0.15) is 0 Å². The highest BCUT2D eigenvalue weighted by atomic mass is 35.5. The summed E-state index contributed by atoms with van der Waals surface area (Å²) in [5, 5.41) is 11.5. The first kappa shape index (κ1) is 20.0. The number of nitrogens with one attached hydrogen (secondary N) is 1. The Labute approximate surface area is 184 Å². The molecule has 1 amide bonds. The Kier molecular flexibility index (Phi) is 3.89. The molecule has 8 nitrogen and oxygen atoms in total. The normalized spacial score (nSPS) is 28.0. The second kappa shape index (κ2) is 6.22. The summed E-state index contributed by atoms with van der Waals surface area (Å²) < 4.78 is 50.2. The first-order chi connectivity index (χ1) is 15.1. The monoisotopic (exact) mass is 467 g/mol. The van der Waals surface area contributed by atoms with Crippen LogP contribution in [-0.2, 0) is 15.8 Å². The minimum Gasteiger partial charge on any atom is -0.421 e. The van der Waals surface area contributed by atoms with Crippen LogP contribution in [0.15, 0.2) is 28.9 Å². The van der Waals surface area contributed by atoms with Gasteiger partial charge >= 0.3 is 6.36 Å². The van der Waals surface area contributed by atoms with Crippen LogP contribution in [0.4, 0.5) is 13.2 Å². The van der Waals surface area contributed by atoms with Crippen molar-refractivity contribution in [3.63, 3.8) is 0 Å². The van der Waals surface area contributed by atoms with E-state index in [-0.39, 0.29) is 30.3 Å². The zero-order chi connectivity index (χ0) is 22.4. The van der Waals surface area contributed by atoms with Crippen LogP contribution in [0.1, 0.15) is 60.8 Å². The highest BCUT2D eigenvalue weighted by Gasteiger charge is 2.72. The number of amides is 1. The maximum atomic E-state index is 12.8. The molecular formula is C20H17ClF3N5O3. The molecule has 1 N–H and O–H groups in total. The Morgan fingerprint density at radius 2 is 1.94 bits per heavy atom. The number of aromatic nitrogens is 4. The Morgan fingerprint density at radius 3 is 2.59 bits per heavy atom. The maximum absolute atomic E-state index is 12.8. The molecule has 3 aromatic heterocycles. The predicted molar refractivity (Wildman–Crippen MR) is 103 cm³/mol. The van der Waals surface area contributed by atoms with Crippen LogP contribution in [0.2, 0.25) is 5.02 Å². The number of hydrogen-bond acceptors (Lipinski definition) is 6. The fourth-order valence-electron chi connectivity index (χ4n) is 5.22. The number of halogens is 4. The summed E-state index contributed by atoms with van der Waals surface area (Å²) in [4.78, 5) is 17.0. The van der Waals surface area contributed by atoms with E-state index < -0.39 is 22.9 Å². The van der Waals surface area contributed by atoms with Crippen molar-refractivity contribution >= 4 is 23.2 Å². The molecule has 0 aromatic carbocycles. The third-order valence-electron chi connectivity index (χ3n) is 6.80. The van der Waals surface area contributed by atoms with E-state index in [0.29, 0.717) is 42.2 Å². The number of hydrogen-bond donors (Lipinski definition) is 1. The van der Waals surface area contributed by atoms with Crippen LogP contribution in [0.5, 0.6) is 0 Å². The van der Waals surface area contributed by atoms with E-state index >= 15 is 0 Å². The molecule has 3 aromatic rings. The van der Waals surface area contributed by atoms with Crippen molar-refractivity contribution in [2.75, 3.05) is 0 Å². The number of imidazole rings is 1. The topological polar surface area (TPSA) is 94.5 Å². The van der Waals surface area contributed by atoms with Crippen molar-refractivity contribution in [1.29, 1.82) is 0 Å². The van der Waals surface area contributed by atoms with Gasteiger partial charge in [-0.05, 0) is 44.6 Å². The van der Waals surface area contributed by atoms with Gasteiger partial charge in [-0.1, -0.05) is 11.6 Å². The Morgan fingerprint density at radius 1 is 1.22 bits per heavy atom. The maximum Gasteiger partial charge on any atom is 0.523 e. The number of rotatable bonds is 5. The predicted octanol–water partition coefficient (Wildman–Crippen LogP) is 3.89. The van der Waals surface area contributed by atoms with Crippen LogP contribution >= 0.6 is 11.6 Å². The van der Waals surface area contributed by atoms with Crippen molar-refractivity contribution in [2.45, 2.75) is 61.4 Å².